The van der Waals surface area contributed by atoms with E-state index in [1.54, 1.807) is 24.5 Å². The van der Waals surface area contributed by atoms with Crippen molar-refractivity contribution in [1.82, 2.24) is 4.98 Å². The Bertz CT molecular complexity index is 1080. The van der Waals surface area contributed by atoms with Crippen LogP contribution in [0.3, 0.4) is 0 Å². The molecule has 3 aromatic rings. The zero-order valence-electron chi connectivity index (χ0n) is 16.6. The van der Waals surface area contributed by atoms with Crippen LogP contribution in [0.4, 0.5) is 11.4 Å². The quantitative estimate of drug-likeness (QED) is 0.709. The van der Waals surface area contributed by atoms with Gasteiger partial charge in [-0.25, -0.2) is 0 Å². The molecule has 0 spiro atoms. The Kier molecular flexibility index (Phi) is 4.79. The fourth-order valence-electron chi connectivity index (χ4n) is 4.32. The Hall–Kier alpha value is -3.47. The summed E-state index contributed by atoms with van der Waals surface area (Å²) in [7, 11) is 0. The van der Waals surface area contributed by atoms with Crippen LogP contribution in [-0.4, -0.2) is 23.3 Å². The number of nitrogens with zero attached hydrogens (tertiary/aromatic N) is 2. The zero-order valence-corrected chi connectivity index (χ0v) is 16.6. The fraction of sp³-hybridized carbons (Fsp3) is 0.240. The van der Waals surface area contributed by atoms with Gasteiger partial charge in [-0.15, -0.1) is 0 Å². The number of nitrogens with one attached hydrogen (secondary N) is 1. The van der Waals surface area contributed by atoms with Crippen LogP contribution >= 0.6 is 0 Å². The number of aryl methyl sites for hydroxylation is 1. The zero-order chi connectivity index (χ0) is 20.5. The number of hydrogen-bond donors (Lipinski definition) is 1. The van der Waals surface area contributed by atoms with Gasteiger partial charge >= 0.3 is 0 Å². The smallest absolute Gasteiger partial charge is 0.259 e. The molecule has 2 aliphatic rings. The summed E-state index contributed by atoms with van der Waals surface area (Å²) in [5.41, 5.74) is 4.62. The average Bonchev–Trinajstić information content (AvgIpc) is 3.60. The van der Waals surface area contributed by atoms with E-state index in [0.29, 0.717) is 18.0 Å². The highest BCUT2D eigenvalue weighted by Crippen LogP contribution is 2.48. The van der Waals surface area contributed by atoms with E-state index in [2.05, 4.69) is 22.4 Å². The summed E-state index contributed by atoms with van der Waals surface area (Å²) < 4.78 is 0. The van der Waals surface area contributed by atoms with Gasteiger partial charge in [0.1, 0.15) is 0 Å². The number of benzene rings is 2. The predicted molar refractivity (Wildman–Crippen MR) is 117 cm³/mol. The second-order valence-electron chi connectivity index (χ2n) is 7.99. The number of hydrogen-bond acceptors (Lipinski definition) is 3. The van der Waals surface area contributed by atoms with Gasteiger partial charge in [0.15, 0.2) is 0 Å². The molecule has 2 unspecified atom stereocenters. The highest BCUT2D eigenvalue weighted by Gasteiger charge is 2.43. The van der Waals surface area contributed by atoms with Gasteiger partial charge in [-0.2, -0.15) is 0 Å². The molecule has 2 heterocycles. The topological polar surface area (TPSA) is 62.3 Å². The highest BCUT2D eigenvalue weighted by atomic mass is 16.2. The van der Waals surface area contributed by atoms with Crippen molar-refractivity contribution >= 4 is 23.2 Å². The molecule has 2 atom stereocenters. The summed E-state index contributed by atoms with van der Waals surface area (Å²) in [6.07, 6.45) is 5.96. The number of carbonyl (C=O) groups is 2. The molecule has 1 aromatic heterocycles. The number of fused-ring (bicyclic) bond motifs is 1. The van der Waals surface area contributed by atoms with E-state index in [0.717, 1.165) is 36.2 Å². The van der Waals surface area contributed by atoms with Crippen LogP contribution in [0.2, 0.25) is 0 Å². The van der Waals surface area contributed by atoms with Gasteiger partial charge in [-0.05, 0) is 66.6 Å². The lowest BCUT2D eigenvalue weighted by Gasteiger charge is -2.30. The minimum atomic E-state index is -0.0375. The van der Waals surface area contributed by atoms with Crippen molar-refractivity contribution in [2.75, 3.05) is 16.8 Å². The Morgan fingerprint density at radius 1 is 1.03 bits per heavy atom. The van der Waals surface area contributed by atoms with Crippen LogP contribution < -0.4 is 10.2 Å². The molecule has 1 saturated carbocycles. The number of pyridine rings is 1. The molecule has 5 nitrogen and oxygen atoms in total. The SMILES string of the molecule is O=C(Nc1ccc2c(c1)CCCN2C(=O)c1cccnc1)C1CC1c1ccccc1. The van der Waals surface area contributed by atoms with Gasteiger partial charge in [0.25, 0.3) is 5.91 Å². The predicted octanol–water partition coefficient (Wildman–Crippen LogP) is 4.42. The van der Waals surface area contributed by atoms with Gasteiger partial charge in [0.05, 0.1) is 5.56 Å². The molecule has 5 rings (SSSR count). The molecular weight excluding hydrogens is 374 g/mol. The Morgan fingerprint density at radius 3 is 2.70 bits per heavy atom. The lowest BCUT2D eigenvalue weighted by molar-refractivity contribution is -0.117. The molecule has 1 aliphatic carbocycles. The summed E-state index contributed by atoms with van der Waals surface area (Å²) in [4.78, 5) is 31.5. The number of anilines is 2. The van der Waals surface area contributed by atoms with Gasteiger partial charge in [-0.3, -0.25) is 14.6 Å². The molecule has 1 fully saturated rings. The summed E-state index contributed by atoms with van der Waals surface area (Å²) in [6, 6.07) is 19.6. The maximum absolute atomic E-state index is 12.9. The summed E-state index contributed by atoms with van der Waals surface area (Å²) in [6.45, 7) is 0.688. The third-order valence-electron chi connectivity index (χ3n) is 5.97. The van der Waals surface area contributed by atoms with E-state index in [9.17, 15) is 9.59 Å². The van der Waals surface area contributed by atoms with E-state index in [1.165, 1.54) is 5.56 Å². The van der Waals surface area contributed by atoms with Crippen molar-refractivity contribution in [3.63, 3.8) is 0 Å². The van der Waals surface area contributed by atoms with Crippen LogP contribution in [0.1, 0.15) is 40.2 Å². The molecule has 2 amide bonds. The maximum atomic E-state index is 12.9. The first kappa shape index (κ1) is 18.6. The molecule has 30 heavy (non-hydrogen) atoms. The molecule has 0 bridgehead atoms. The second kappa shape index (κ2) is 7.75. The molecule has 150 valence electrons. The number of rotatable bonds is 4. The number of carbonyl (C=O) groups excluding carboxylic acids is 2. The Balaban J connectivity index is 1.30. The third kappa shape index (κ3) is 3.59. The molecular formula is C25H23N3O2. The third-order valence-corrected chi connectivity index (χ3v) is 5.97. The van der Waals surface area contributed by atoms with Gasteiger partial charge in [0.2, 0.25) is 5.91 Å². The van der Waals surface area contributed by atoms with Crippen LogP contribution in [0.15, 0.2) is 73.1 Å². The lowest BCUT2D eigenvalue weighted by atomic mass is 10.00. The van der Waals surface area contributed by atoms with Crippen molar-refractivity contribution < 1.29 is 9.59 Å². The largest absolute Gasteiger partial charge is 0.326 e. The van der Waals surface area contributed by atoms with Gasteiger partial charge < -0.3 is 10.2 Å². The standard InChI is InChI=1S/C25H23N3O2/c29-24(22-15-21(22)17-6-2-1-3-7-17)27-20-10-11-23-18(14-20)9-5-13-28(23)25(30)19-8-4-12-26-16-19/h1-4,6-8,10-12,14,16,21-22H,5,9,13,15H2,(H,27,29). The highest BCUT2D eigenvalue weighted by molar-refractivity contribution is 6.06. The van der Waals surface area contributed by atoms with Crippen molar-refractivity contribution in [1.29, 1.82) is 0 Å². The Labute approximate surface area is 175 Å². The first-order valence-electron chi connectivity index (χ1n) is 10.4. The van der Waals surface area contributed by atoms with Crippen LogP contribution in [0, 0.1) is 5.92 Å². The van der Waals surface area contributed by atoms with Crippen LogP contribution in [-0.2, 0) is 11.2 Å². The fourth-order valence-corrected chi connectivity index (χ4v) is 4.32. The molecule has 1 aliphatic heterocycles. The second-order valence-corrected chi connectivity index (χ2v) is 7.99. The lowest BCUT2D eigenvalue weighted by Crippen LogP contribution is -2.35. The molecule has 0 saturated heterocycles. The average molecular weight is 397 g/mol. The van der Waals surface area contributed by atoms with Crippen molar-refractivity contribution in [3.05, 3.63) is 89.7 Å². The summed E-state index contributed by atoms with van der Waals surface area (Å²) in [5, 5.41) is 3.08. The molecule has 2 aromatic carbocycles. The Morgan fingerprint density at radius 2 is 1.90 bits per heavy atom. The maximum Gasteiger partial charge on any atom is 0.259 e. The monoisotopic (exact) mass is 397 g/mol. The van der Waals surface area contributed by atoms with E-state index in [-0.39, 0.29) is 17.7 Å². The summed E-state index contributed by atoms with van der Waals surface area (Å²) in [5.74, 6) is 0.385. The van der Waals surface area contributed by atoms with Crippen LogP contribution in [0.25, 0.3) is 0 Å². The molecule has 0 radical (unpaired) electrons. The van der Waals surface area contributed by atoms with E-state index in [1.807, 2.05) is 41.3 Å². The summed E-state index contributed by atoms with van der Waals surface area (Å²) >= 11 is 0. The van der Waals surface area contributed by atoms with Crippen molar-refractivity contribution in [3.8, 4) is 0 Å². The molecule has 1 N–H and O–H groups in total. The first-order valence-corrected chi connectivity index (χ1v) is 10.4. The van der Waals surface area contributed by atoms with E-state index in [4.69, 9.17) is 0 Å². The van der Waals surface area contributed by atoms with Crippen LogP contribution in [0.5, 0.6) is 0 Å². The van der Waals surface area contributed by atoms with Gasteiger partial charge in [-0.1, -0.05) is 30.3 Å². The normalized spacial score (nSPS) is 19.7. The van der Waals surface area contributed by atoms with E-state index < -0.39 is 0 Å². The minimum Gasteiger partial charge on any atom is -0.326 e. The molecule has 5 heteroatoms. The van der Waals surface area contributed by atoms with Gasteiger partial charge in [0, 0.05) is 36.2 Å². The number of amides is 2. The minimum absolute atomic E-state index is 0.0343. The van der Waals surface area contributed by atoms with Crippen molar-refractivity contribution in [2.24, 2.45) is 5.92 Å². The van der Waals surface area contributed by atoms with Crippen molar-refractivity contribution in [2.45, 2.75) is 25.2 Å². The van der Waals surface area contributed by atoms with E-state index >= 15 is 0 Å². The first-order chi connectivity index (χ1) is 14.7. The number of aromatic nitrogens is 1.